The Morgan fingerprint density at radius 1 is 0.944 bits per heavy atom. The molecule has 0 aliphatic heterocycles. The molecule has 0 unspecified atom stereocenters. The average molecular weight is 261 g/mol. The summed E-state index contributed by atoms with van der Waals surface area (Å²) in [5.41, 5.74) is -0.423. The molecule has 0 aromatic carbocycles. The van der Waals surface area contributed by atoms with Crippen LogP contribution in [0.5, 0.6) is 0 Å². The van der Waals surface area contributed by atoms with Crippen molar-refractivity contribution in [2.24, 2.45) is 0 Å². The van der Waals surface area contributed by atoms with Crippen LogP contribution < -0.4 is 6.15 Å². The number of ether oxygens (including phenoxy) is 1. The van der Waals surface area contributed by atoms with E-state index in [-0.39, 0.29) is 6.15 Å². The van der Waals surface area contributed by atoms with Crippen molar-refractivity contribution >= 4 is 6.16 Å². The summed E-state index contributed by atoms with van der Waals surface area (Å²) < 4.78 is 5.26. The maximum Gasteiger partial charge on any atom is 0.506 e. The SMILES string of the molecule is CCCCC(CCCC)(CCCC)OC(=O)O.N. The maximum atomic E-state index is 10.9. The molecule has 0 aromatic heterocycles. The van der Waals surface area contributed by atoms with Gasteiger partial charge in [-0.25, -0.2) is 4.79 Å². The van der Waals surface area contributed by atoms with Gasteiger partial charge in [-0.3, -0.25) is 0 Å². The highest BCUT2D eigenvalue weighted by Gasteiger charge is 2.32. The minimum absolute atomic E-state index is 0. The largest absolute Gasteiger partial charge is 0.506 e. The Kier molecular flexibility index (Phi) is 12.3. The van der Waals surface area contributed by atoms with Gasteiger partial charge < -0.3 is 16.0 Å². The standard InChI is InChI=1S/C14H28O3.H3N/c1-4-7-10-14(11-8-5-2,12-9-6-3)17-13(15)16;/h4-12H2,1-3H3,(H,15,16);1H3. The molecule has 4 N–H and O–H groups in total. The Morgan fingerprint density at radius 2 is 1.28 bits per heavy atom. The second kappa shape index (κ2) is 11.3. The lowest BCUT2D eigenvalue weighted by Gasteiger charge is -2.32. The molecule has 18 heavy (non-hydrogen) atoms. The number of unbranched alkanes of at least 4 members (excludes halogenated alkanes) is 3. The van der Waals surface area contributed by atoms with E-state index in [9.17, 15) is 4.79 Å². The Bertz CT molecular complexity index is 185. The summed E-state index contributed by atoms with van der Waals surface area (Å²) in [6.45, 7) is 6.39. The lowest BCUT2D eigenvalue weighted by Crippen LogP contribution is -2.35. The Labute approximate surface area is 112 Å². The second-order valence-corrected chi connectivity index (χ2v) is 4.86. The van der Waals surface area contributed by atoms with Gasteiger partial charge in [-0.1, -0.05) is 40.0 Å². The number of carbonyl (C=O) groups is 1. The average Bonchev–Trinajstić information content (AvgIpc) is 2.30. The highest BCUT2D eigenvalue weighted by molar-refractivity contribution is 5.57. The van der Waals surface area contributed by atoms with Crippen molar-refractivity contribution in [3.8, 4) is 0 Å². The zero-order valence-electron chi connectivity index (χ0n) is 12.3. The quantitative estimate of drug-likeness (QED) is 0.533. The molecule has 0 saturated carbocycles. The molecule has 110 valence electrons. The van der Waals surface area contributed by atoms with E-state index in [0.29, 0.717) is 0 Å². The van der Waals surface area contributed by atoms with E-state index in [0.717, 1.165) is 57.8 Å². The molecule has 0 heterocycles. The molecule has 0 rings (SSSR count). The van der Waals surface area contributed by atoms with Gasteiger partial charge in [0.1, 0.15) is 5.60 Å². The molecule has 0 saturated heterocycles. The fourth-order valence-electron chi connectivity index (χ4n) is 2.21. The Balaban J connectivity index is 0. The van der Waals surface area contributed by atoms with Crippen LogP contribution in [0, 0.1) is 0 Å². The summed E-state index contributed by atoms with van der Waals surface area (Å²) in [5, 5.41) is 8.92. The lowest BCUT2D eigenvalue weighted by atomic mass is 9.86. The van der Waals surface area contributed by atoms with E-state index in [1.165, 1.54) is 0 Å². The lowest BCUT2D eigenvalue weighted by molar-refractivity contribution is -0.0389. The molecule has 0 amide bonds. The van der Waals surface area contributed by atoms with Gasteiger partial charge in [0, 0.05) is 0 Å². The number of carboxylic acid groups (broad SMARTS) is 1. The van der Waals surface area contributed by atoms with E-state index in [1.807, 2.05) is 0 Å². The van der Waals surface area contributed by atoms with Crippen molar-refractivity contribution in [3.63, 3.8) is 0 Å². The van der Waals surface area contributed by atoms with Crippen LogP contribution in [0.3, 0.4) is 0 Å². The molecule has 4 heteroatoms. The third-order valence-electron chi connectivity index (χ3n) is 3.26. The van der Waals surface area contributed by atoms with Crippen LogP contribution in [-0.4, -0.2) is 16.9 Å². The van der Waals surface area contributed by atoms with Crippen molar-refractivity contribution in [3.05, 3.63) is 0 Å². The van der Waals surface area contributed by atoms with Gasteiger partial charge >= 0.3 is 6.16 Å². The van der Waals surface area contributed by atoms with E-state index < -0.39 is 11.8 Å². The van der Waals surface area contributed by atoms with Crippen LogP contribution in [-0.2, 0) is 4.74 Å². The topological polar surface area (TPSA) is 81.5 Å². The van der Waals surface area contributed by atoms with Crippen LogP contribution in [0.15, 0.2) is 0 Å². The molecular formula is C14H31NO3. The summed E-state index contributed by atoms with van der Waals surface area (Å²) >= 11 is 0. The van der Waals surface area contributed by atoms with Crippen LogP contribution in [0.1, 0.15) is 78.6 Å². The monoisotopic (exact) mass is 261 g/mol. The van der Waals surface area contributed by atoms with Crippen LogP contribution in [0.2, 0.25) is 0 Å². The van der Waals surface area contributed by atoms with Crippen molar-refractivity contribution in [2.75, 3.05) is 0 Å². The van der Waals surface area contributed by atoms with Crippen LogP contribution >= 0.6 is 0 Å². The number of hydrogen-bond acceptors (Lipinski definition) is 3. The van der Waals surface area contributed by atoms with E-state index in [2.05, 4.69) is 20.8 Å². The molecule has 0 aromatic rings. The highest BCUT2D eigenvalue weighted by Crippen LogP contribution is 2.31. The first-order chi connectivity index (χ1) is 8.10. The predicted octanol–water partition coefficient (Wildman–Crippen LogP) is 5.15. The van der Waals surface area contributed by atoms with Crippen molar-refractivity contribution in [2.45, 2.75) is 84.2 Å². The first kappa shape index (κ1) is 19.6. The minimum Gasteiger partial charge on any atom is -0.450 e. The molecule has 0 radical (unpaired) electrons. The second-order valence-electron chi connectivity index (χ2n) is 4.86. The molecule has 0 aliphatic rings. The summed E-state index contributed by atoms with van der Waals surface area (Å²) in [4.78, 5) is 10.9. The summed E-state index contributed by atoms with van der Waals surface area (Å²) in [6.07, 6.45) is 7.88. The molecule has 0 atom stereocenters. The maximum absolute atomic E-state index is 10.9. The summed E-state index contributed by atoms with van der Waals surface area (Å²) in [6, 6.07) is 0. The van der Waals surface area contributed by atoms with E-state index in [4.69, 9.17) is 9.84 Å². The van der Waals surface area contributed by atoms with E-state index in [1.54, 1.807) is 0 Å². The normalized spacial score (nSPS) is 10.8. The minimum atomic E-state index is -1.12. The van der Waals surface area contributed by atoms with Crippen molar-refractivity contribution < 1.29 is 14.6 Å². The van der Waals surface area contributed by atoms with Gasteiger partial charge in [-0.2, -0.15) is 0 Å². The molecule has 0 spiro atoms. The Hall–Kier alpha value is -0.770. The zero-order chi connectivity index (χ0) is 13.1. The summed E-state index contributed by atoms with van der Waals surface area (Å²) in [7, 11) is 0. The smallest absolute Gasteiger partial charge is 0.450 e. The third kappa shape index (κ3) is 8.34. The molecule has 0 fully saturated rings. The van der Waals surface area contributed by atoms with Gasteiger partial charge in [0.05, 0.1) is 0 Å². The molecule has 4 nitrogen and oxygen atoms in total. The first-order valence-corrected chi connectivity index (χ1v) is 7.02. The van der Waals surface area contributed by atoms with Gasteiger partial charge in [-0.05, 0) is 38.5 Å². The molecule has 0 aliphatic carbocycles. The van der Waals surface area contributed by atoms with Crippen molar-refractivity contribution in [1.82, 2.24) is 6.15 Å². The van der Waals surface area contributed by atoms with Crippen molar-refractivity contribution in [1.29, 1.82) is 0 Å². The molecule has 0 bridgehead atoms. The zero-order valence-corrected chi connectivity index (χ0v) is 12.3. The van der Waals surface area contributed by atoms with Gasteiger partial charge in [-0.15, -0.1) is 0 Å². The third-order valence-corrected chi connectivity index (χ3v) is 3.26. The summed E-state index contributed by atoms with van der Waals surface area (Å²) in [5.74, 6) is 0. The number of rotatable bonds is 10. The fourth-order valence-corrected chi connectivity index (χ4v) is 2.21. The van der Waals surface area contributed by atoms with E-state index >= 15 is 0 Å². The Morgan fingerprint density at radius 3 is 1.50 bits per heavy atom. The predicted molar refractivity (Wildman–Crippen MR) is 75.4 cm³/mol. The van der Waals surface area contributed by atoms with Crippen LogP contribution in [0.4, 0.5) is 4.79 Å². The first-order valence-electron chi connectivity index (χ1n) is 7.02. The van der Waals surface area contributed by atoms with Crippen LogP contribution in [0.25, 0.3) is 0 Å². The molecular weight excluding hydrogens is 230 g/mol. The van der Waals surface area contributed by atoms with Gasteiger partial charge in [0.2, 0.25) is 0 Å². The fraction of sp³-hybridized carbons (Fsp3) is 0.929. The van der Waals surface area contributed by atoms with Gasteiger partial charge in [0.15, 0.2) is 0 Å². The highest BCUT2D eigenvalue weighted by atomic mass is 16.7. The number of hydrogen-bond donors (Lipinski definition) is 2. The van der Waals surface area contributed by atoms with Gasteiger partial charge in [0.25, 0.3) is 0 Å².